The van der Waals surface area contributed by atoms with Crippen LogP contribution in [0.2, 0.25) is 10.0 Å². The molecular formula is C10H7Cl2F2NO. The number of ether oxygens (including phenoxy) is 1. The van der Waals surface area contributed by atoms with Gasteiger partial charge in [0.1, 0.15) is 17.2 Å². The van der Waals surface area contributed by atoms with E-state index in [9.17, 15) is 8.78 Å². The Morgan fingerprint density at radius 3 is 2.50 bits per heavy atom. The Bertz CT molecular complexity index is 443. The molecular weight excluding hydrogens is 259 g/mol. The number of hydrogen-bond donors (Lipinski definition) is 0. The minimum absolute atomic E-state index is 0.0840. The summed E-state index contributed by atoms with van der Waals surface area (Å²) in [4.78, 5) is 0. The Kier molecular flexibility index (Phi) is 3.95. The third kappa shape index (κ3) is 2.37. The Labute approximate surface area is 101 Å². The first-order valence-corrected chi connectivity index (χ1v) is 4.97. The van der Waals surface area contributed by atoms with Crippen molar-refractivity contribution in [2.45, 2.75) is 12.3 Å². The Morgan fingerprint density at radius 1 is 1.38 bits per heavy atom. The van der Waals surface area contributed by atoms with Crippen molar-refractivity contribution < 1.29 is 13.5 Å². The predicted molar refractivity (Wildman–Crippen MR) is 57.1 cm³/mol. The summed E-state index contributed by atoms with van der Waals surface area (Å²) in [6.07, 6.45) is -0.949. The maximum atomic E-state index is 13.4. The van der Waals surface area contributed by atoms with Gasteiger partial charge in [0.25, 0.3) is 5.92 Å². The molecule has 0 aliphatic carbocycles. The van der Waals surface area contributed by atoms with Gasteiger partial charge in [-0.3, -0.25) is 0 Å². The van der Waals surface area contributed by atoms with Gasteiger partial charge in [0.2, 0.25) is 0 Å². The first-order valence-electron chi connectivity index (χ1n) is 4.21. The van der Waals surface area contributed by atoms with Crippen molar-refractivity contribution in [1.82, 2.24) is 0 Å². The van der Waals surface area contributed by atoms with Gasteiger partial charge in [0.15, 0.2) is 0 Å². The highest BCUT2D eigenvalue weighted by Gasteiger charge is 2.34. The third-order valence-electron chi connectivity index (χ3n) is 1.96. The maximum absolute atomic E-state index is 13.4. The van der Waals surface area contributed by atoms with Crippen molar-refractivity contribution in [1.29, 1.82) is 5.26 Å². The van der Waals surface area contributed by atoms with Crippen LogP contribution in [0.1, 0.15) is 12.0 Å². The molecule has 1 aromatic rings. The molecule has 0 aromatic heterocycles. The Hall–Kier alpha value is -1.05. The Balaban J connectivity index is 3.28. The van der Waals surface area contributed by atoms with E-state index in [-0.39, 0.29) is 15.8 Å². The second-order valence-electron chi connectivity index (χ2n) is 2.98. The van der Waals surface area contributed by atoms with Crippen molar-refractivity contribution in [2.75, 3.05) is 7.11 Å². The SMILES string of the molecule is COc1ccc(C(F)(F)CC#N)c(Cl)c1Cl. The number of nitrogens with zero attached hydrogens (tertiary/aromatic N) is 1. The molecule has 0 atom stereocenters. The lowest BCUT2D eigenvalue weighted by Gasteiger charge is -2.16. The fourth-order valence-corrected chi connectivity index (χ4v) is 1.70. The molecule has 0 unspecified atom stereocenters. The molecule has 0 fully saturated rings. The summed E-state index contributed by atoms with van der Waals surface area (Å²) in [5, 5.41) is 7.92. The molecule has 0 radical (unpaired) electrons. The Morgan fingerprint density at radius 2 is 2.00 bits per heavy atom. The van der Waals surface area contributed by atoms with Crippen LogP contribution in [-0.2, 0) is 5.92 Å². The van der Waals surface area contributed by atoms with Crippen LogP contribution in [0.5, 0.6) is 5.75 Å². The minimum atomic E-state index is -3.32. The summed E-state index contributed by atoms with van der Waals surface area (Å²) in [6.45, 7) is 0. The van der Waals surface area contributed by atoms with Crippen molar-refractivity contribution in [3.8, 4) is 11.8 Å². The zero-order valence-corrected chi connectivity index (χ0v) is 9.74. The number of alkyl halides is 2. The van der Waals surface area contributed by atoms with Crippen LogP contribution in [0.4, 0.5) is 8.78 Å². The van der Waals surface area contributed by atoms with E-state index in [0.717, 1.165) is 6.07 Å². The van der Waals surface area contributed by atoms with Gasteiger partial charge >= 0.3 is 0 Å². The smallest absolute Gasteiger partial charge is 0.287 e. The topological polar surface area (TPSA) is 33.0 Å². The van der Waals surface area contributed by atoms with Gasteiger partial charge < -0.3 is 4.74 Å². The first kappa shape index (κ1) is 13.0. The van der Waals surface area contributed by atoms with Gasteiger partial charge in [-0.15, -0.1) is 0 Å². The third-order valence-corrected chi connectivity index (χ3v) is 2.83. The van der Waals surface area contributed by atoms with Crippen LogP contribution < -0.4 is 4.74 Å². The highest BCUT2D eigenvalue weighted by atomic mass is 35.5. The standard InChI is InChI=1S/C10H7Cl2F2NO/c1-16-7-3-2-6(8(11)9(7)12)10(13,14)4-5-15/h2-3H,4H2,1H3. The zero-order valence-electron chi connectivity index (χ0n) is 8.23. The van der Waals surface area contributed by atoms with E-state index < -0.39 is 17.9 Å². The lowest BCUT2D eigenvalue weighted by Crippen LogP contribution is -2.13. The molecule has 1 rings (SSSR count). The summed E-state index contributed by atoms with van der Waals surface area (Å²) < 4.78 is 31.7. The number of methoxy groups -OCH3 is 1. The van der Waals surface area contributed by atoms with Gasteiger partial charge in [-0.25, -0.2) is 8.78 Å². The van der Waals surface area contributed by atoms with E-state index in [0.29, 0.717) is 0 Å². The molecule has 2 nitrogen and oxygen atoms in total. The van der Waals surface area contributed by atoms with E-state index in [2.05, 4.69) is 0 Å². The molecule has 86 valence electrons. The van der Waals surface area contributed by atoms with E-state index in [4.69, 9.17) is 33.2 Å². The highest BCUT2D eigenvalue weighted by Crippen LogP contribution is 2.42. The van der Waals surface area contributed by atoms with Crippen molar-refractivity contribution in [2.24, 2.45) is 0 Å². The second kappa shape index (κ2) is 4.86. The predicted octanol–water partition coefficient (Wildman–Crippen LogP) is 4.01. The van der Waals surface area contributed by atoms with Gasteiger partial charge in [0, 0.05) is 5.56 Å². The van der Waals surface area contributed by atoms with Crippen LogP contribution in [-0.4, -0.2) is 7.11 Å². The average Bonchev–Trinajstić information content (AvgIpc) is 2.21. The van der Waals surface area contributed by atoms with E-state index >= 15 is 0 Å². The zero-order chi connectivity index (χ0) is 12.3. The minimum Gasteiger partial charge on any atom is -0.495 e. The van der Waals surface area contributed by atoms with Crippen LogP contribution in [0, 0.1) is 11.3 Å². The van der Waals surface area contributed by atoms with Crippen LogP contribution in [0.3, 0.4) is 0 Å². The summed E-state index contributed by atoms with van der Waals surface area (Å²) in [5.74, 6) is -3.11. The number of halogens is 4. The molecule has 0 amide bonds. The molecule has 0 bridgehead atoms. The number of benzene rings is 1. The first-order chi connectivity index (χ1) is 7.44. The molecule has 0 saturated carbocycles. The van der Waals surface area contributed by atoms with E-state index in [1.807, 2.05) is 0 Å². The number of hydrogen-bond acceptors (Lipinski definition) is 2. The summed E-state index contributed by atoms with van der Waals surface area (Å²) in [5.41, 5.74) is -0.471. The molecule has 0 saturated heterocycles. The lowest BCUT2D eigenvalue weighted by molar-refractivity contribution is 0.00104. The van der Waals surface area contributed by atoms with Crippen molar-refractivity contribution in [3.05, 3.63) is 27.7 Å². The molecule has 1 aromatic carbocycles. The summed E-state index contributed by atoms with van der Waals surface area (Å²) in [7, 11) is 1.35. The van der Waals surface area contributed by atoms with Crippen molar-refractivity contribution in [3.63, 3.8) is 0 Å². The quantitative estimate of drug-likeness (QED) is 0.828. The van der Waals surface area contributed by atoms with Gasteiger partial charge in [-0.2, -0.15) is 5.26 Å². The molecule has 16 heavy (non-hydrogen) atoms. The van der Waals surface area contributed by atoms with Crippen LogP contribution in [0.15, 0.2) is 12.1 Å². The molecule has 0 spiro atoms. The monoisotopic (exact) mass is 265 g/mol. The maximum Gasteiger partial charge on any atom is 0.287 e. The average molecular weight is 266 g/mol. The number of nitriles is 1. The molecule has 0 aliphatic heterocycles. The lowest BCUT2D eigenvalue weighted by atomic mass is 10.1. The van der Waals surface area contributed by atoms with E-state index in [1.54, 1.807) is 0 Å². The van der Waals surface area contributed by atoms with Gasteiger partial charge in [-0.05, 0) is 12.1 Å². The fraction of sp³-hybridized carbons (Fsp3) is 0.300. The van der Waals surface area contributed by atoms with Gasteiger partial charge in [0.05, 0.1) is 18.2 Å². The van der Waals surface area contributed by atoms with Crippen molar-refractivity contribution >= 4 is 23.2 Å². The number of rotatable bonds is 3. The fourth-order valence-electron chi connectivity index (χ4n) is 1.17. The summed E-state index contributed by atoms with van der Waals surface area (Å²) >= 11 is 11.4. The van der Waals surface area contributed by atoms with Gasteiger partial charge in [-0.1, -0.05) is 23.2 Å². The van der Waals surface area contributed by atoms with Crippen LogP contribution >= 0.6 is 23.2 Å². The van der Waals surface area contributed by atoms with Crippen LogP contribution in [0.25, 0.3) is 0 Å². The largest absolute Gasteiger partial charge is 0.495 e. The molecule has 0 heterocycles. The summed E-state index contributed by atoms with van der Waals surface area (Å²) in [6, 6.07) is 3.79. The normalized spacial score (nSPS) is 11.0. The molecule has 6 heteroatoms. The molecule has 0 N–H and O–H groups in total. The molecule has 0 aliphatic rings. The highest BCUT2D eigenvalue weighted by molar-refractivity contribution is 6.43. The second-order valence-corrected chi connectivity index (χ2v) is 3.74. The van der Waals surface area contributed by atoms with E-state index in [1.165, 1.54) is 19.2 Å².